The van der Waals surface area contributed by atoms with Crippen LogP contribution in [0.15, 0.2) is 36.5 Å². The number of benzene rings is 1. The van der Waals surface area contributed by atoms with Crippen LogP contribution in [-0.4, -0.2) is 20.9 Å². The van der Waals surface area contributed by atoms with Crippen molar-refractivity contribution in [1.29, 1.82) is 0 Å². The van der Waals surface area contributed by atoms with Gasteiger partial charge in [0.1, 0.15) is 10.9 Å². The molecule has 0 bridgehead atoms. The van der Waals surface area contributed by atoms with Gasteiger partial charge in [0.05, 0.1) is 10.5 Å². The number of phenols is 1. The fraction of sp³-hybridized carbons (Fsp3) is 0. The first-order valence-corrected chi connectivity index (χ1v) is 5.76. The Morgan fingerprint density at radius 2 is 2.10 bits per heavy atom. The Morgan fingerprint density at radius 1 is 1.35 bits per heavy atom. The second kappa shape index (κ2) is 5.54. The Morgan fingerprint density at radius 3 is 2.75 bits per heavy atom. The van der Waals surface area contributed by atoms with Crippen molar-refractivity contribution in [1.82, 2.24) is 4.98 Å². The van der Waals surface area contributed by atoms with Gasteiger partial charge in [0.15, 0.2) is 5.69 Å². The third-order valence-corrected chi connectivity index (χ3v) is 2.76. The number of carbonyl (C=O) groups is 1. The second-order valence-electron chi connectivity index (χ2n) is 3.72. The molecule has 1 aromatic carbocycles. The molecule has 0 saturated carbocycles. The fourth-order valence-electron chi connectivity index (χ4n) is 1.54. The topological polar surface area (TPSA) is 105 Å². The Balaban J connectivity index is 2.38. The van der Waals surface area contributed by atoms with E-state index in [1.165, 1.54) is 36.5 Å². The Bertz CT molecular complexity index is 690. The lowest BCUT2D eigenvalue weighted by Gasteiger charge is -2.08. The van der Waals surface area contributed by atoms with Gasteiger partial charge >= 0.3 is 0 Å². The van der Waals surface area contributed by atoms with Crippen LogP contribution in [-0.2, 0) is 0 Å². The van der Waals surface area contributed by atoms with Crippen molar-refractivity contribution in [3.05, 3.63) is 57.4 Å². The maximum Gasteiger partial charge on any atom is 0.296 e. The summed E-state index contributed by atoms with van der Waals surface area (Å²) in [7, 11) is 0. The molecule has 0 spiro atoms. The molecule has 0 fully saturated rings. The lowest BCUT2D eigenvalue weighted by Crippen LogP contribution is -2.14. The summed E-state index contributed by atoms with van der Waals surface area (Å²) in [5, 5.41) is 22.7. The van der Waals surface area contributed by atoms with Crippen LogP contribution in [0, 0.1) is 10.1 Å². The Labute approximate surface area is 118 Å². The van der Waals surface area contributed by atoms with E-state index < -0.39 is 22.3 Å². The molecule has 0 saturated heterocycles. The average molecular weight is 294 g/mol. The number of para-hydroxylation sites is 1. The van der Waals surface area contributed by atoms with Gasteiger partial charge in [-0.15, -0.1) is 0 Å². The van der Waals surface area contributed by atoms with Crippen molar-refractivity contribution in [3.63, 3.8) is 0 Å². The summed E-state index contributed by atoms with van der Waals surface area (Å²) in [6, 6.07) is 6.62. The molecule has 2 N–H and O–H groups in total. The summed E-state index contributed by atoms with van der Waals surface area (Å²) in [6.45, 7) is 0. The maximum atomic E-state index is 12.0. The van der Waals surface area contributed by atoms with Crippen molar-refractivity contribution in [2.45, 2.75) is 0 Å². The van der Waals surface area contributed by atoms with E-state index in [4.69, 9.17) is 11.6 Å². The number of hydrogen-bond donors (Lipinski definition) is 2. The van der Waals surface area contributed by atoms with Gasteiger partial charge < -0.3 is 10.4 Å². The zero-order valence-corrected chi connectivity index (χ0v) is 10.7. The van der Waals surface area contributed by atoms with Crippen molar-refractivity contribution in [2.24, 2.45) is 0 Å². The molecular formula is C12H8ClN3O4. The summed E-state index contributed by atoms with van der Waals surface area (Å²) in [5.74, 6) is -1.11. The minimum Gasteiger partial charge on any atom is -0.505 e. The van der Waals surface area contributed by atoms with Crippen LogP contribution in [0.3, 0.4) is 0 Å². The highest BCUT2D eigenvalue weighted by Crippen LogP contribution is 2.33. The van der Waals surface area contributed by atoms with Gasteiger partial charge in [0.25, 0.3) is 11.6 Å². The highest BCUT2D eigenvalue weighted by molar-refractivity contribution is 6.33. The van der Waals surface area contributed by atoms with Crippen LogP contribution in [0.1, 0.15) is 10.4 Å². The lowest BCUT2D eigenvalue weighted by atomic mass is 10.2. The first kappa shape index (κ1) is 13.8. The molecule has 1 aromatic heterocycles. The molecule has 0 aliphatic carbocycles. The zero-order valence-electron chi connectivity index (χ0n) is 9.91. The van der Waals surface area contributed by atoms with E-state index in [1.54, 1.807) is 0 Å². The highest BCUT2D eigenvalue weighted by atomic mass is 35.5. The molecule has 8 heteroatoms. The quantitative estimate of drug-likeness (QED) is 0.391. The molecule has 0 aliphatic rings. The number of anilines is 1. The number of halogens is 1. The first-order valence-electron chi connectivity index (χ1n) is 5.39. The number of carbonyl (C=O) groups excluding carboxylic acids is 1. The Hall–Kier alpha value is -2.67. The Kier molecular flexibility index (Phi) is 3.81. The van der Waals surface area contributed by atoms with Gasteiger partial charge in [-0.3, -0.25) is 14.9 Å². The van der Waals surface area contributed by atoms with E-state index >= 15 is 0 Å². The van der Waals surface area contributed by atoms with E-state index in [9.17, 15) is 20.0 Å². The van der Waals surface area contributed by atoms with Crippen LogP contribution in [0.5, 0.6) is 5.75 Å². The molecule has 2 rings (SSSR count). The zero-order chi connectivity index (χ0) is 14.7. The SMILES string of the molecule is O=C(Nc1c(O)cccc1[N+](=O)[O-])c1cccnc1Cl. The molecular weight excluding hydrogens is 286 g/mol. The molecule has 1 heterocycles. The van der Waals surface area contributed by atoms with Crippen molar-refractivity contribution >= 4 is 28.9 Å². The number of rotatable bonds is 3. The third-order valence-electron chi connectivity index (χ3n) is 2.46. The summed E-state index contributed by atoms with van der Waals surface area (Å²) in [6.07, 6.45) is 1.40. The maximum absolute atomic E-state index is 12.0. The monoisotopic (exact) mass is 293 g/mol. The number of nitrogens with zero attached hydrogens (tertiary/aromatic N) is 2. The average Bonchev–Trinajstić information content (AvgIpc) is 2.41. The lowest BCUT2D eigenvalue weighted by molar-refractivity contribution is -0.384. The summed E-state index contributed by atoms with van der Waals surface area (Å²) < 4.78 is 0. The number of aromatic nitrogens is 1. The minimum absolute atomic E-state index is 0.0388. The summed E-state index contributed by atoms with van der Waals surface area (Å²) in [5.41, 5.74) is -0.660. The second-order valence-corrected chi connectivity index (χ2v) is 4.08. The standard InChI is InChI=1S/C12H8ClN3O4/c13-11-7(3-2-6-14-11)12(18)15-10-8(16(19)20)4-1-5-9(10)17/h1-6,17H,(H,15,18). The molecule has 0 unspecified atom stereocenters. The summed E-state index contributed by atoms with van der Waals surface area (Å²) in [4.78, 5) is 25.9. The van der Waals surface area contributed by atoms with E-state index in [0.29, 0.717) is 0 Å². The normalized spacial score (nSPS) is 10.1. The minimum atomic E-state index is -0.708. The number of nitrogens with one attached hydrogen (secondary N) is 1. The number of nitro groups is 1. The molecule has 20 heavy (non-hydrogen) atoms. The van der Waals surface area contributed by atoms with Crippen LogP contribution >= 0.6 is 11.6 Å². The molecule has 0 aliphatic heterocycles. The molecule has 0 radical (unpaired) electrons. The summed E-state index contributed by atoms with van der Waals surface area (Å²) >= 11 is 5.76. The third kappa shape index (κ3) is 2.67. The van der Waals surface area contributed by atoms with Gasteiger partial charge in [-0.2, -0.15) is 0 Å². The van der Waals surface area contributed by atoms with E-state index in [0.717, 1.165) is 0 Å². The van der Waals surface area contributed by atoms with Crippen molar-refractivity contribution in [2.75, 3.05) is 5.32 Å². The van der Waals surface area contributed by atoms with Gasteiger partial charge in [0, 0.05) is 12.3 Å². The first-order chi connectivity index (χ1) is 9.50. The van der Waals surface area contributed by atoms with Gasteiger partial charge in [-0.25, -0.2) is 4.98 Å². The van der Waals surface area contributed by atoms with E-state index in [-0.39, 0.29) is 16.4 Å². The predicted molar refractivity (Wildman–Crippen MR) is 72.0 cm³/mol. The number of amides is 1. The number of nitro benzene ring substituents is 1. The molecule has 7 nitrogen and oxygen atoms in total. The van der Waals surface area contributed by atoms with Gasteiger partial charge in [-0.1, -0.05) is 17.7 Å². The molecule has 102 valence electrons. The van der Waals surface area contributed by atoms with Gasteiger partial charge in [0.2, 0.25) is 0 Å². The molecule has 1 amide bonds. The van der Waals surface area contributed by atoms with Crippen molar-refractivity contribution in [3.8, 4) is 5.75 Å². The van der Waals surface area contributed by atoms with E-state index in [2.05, 4.69) is 10.3 Å². The van der Waals surface area contributed by atoms with Crippen LogP contribution < -0.4 is 5.32 Å². The predicted octanol–water partition coefficient (Wildman–Crippen LogP) is 2.60. The van der Waals surface area contributed by atoms with Crippen molar-refractivity contribution < 1.29 is 14.8 Å². The largest absolute Gasteiger partial charge is 0.505 e. The number of aromatic hydroxyl groups is 1. The van der Waals surface area contributed by atoms with E-state index in [1.807, 2.05) is 0 Å². The fourth-order valence-corrected chi connectivity index (χ4v) is 1.75. The molecule has 0 atom stereocenters. The number of pyridine rings is 1. The number of hydrogen-bond acceptors (Lipinski definition) is 5. The smallest absolute Gasteiger partial charge is 0.296 e. The number of phenolic OH excluding ortho intramolecular Hbond substituents is 1. The van der Waals surface area contributed by atoms with Crippen LogP contribution in [0.4, 0.5) is 11.4 Å². The molecule has 2 aromatic rings. The van der Waals surface area contributed by atoms with Gasteiger partial charge in [-0.05, 0) is 18.2 Å². The van der Waals surface area contributed by atoms with Crippen LogP contribution in [0.2, 0.25) is 5.15 Å². The van der Waals surface area contributed by atoms with Crippen LogP contribution in [0.25, 0.3) is 0 Å². The highest BCUT2D eigenvalue weighted by Gasteiger charge is 2.21.